The lowest BCUT2D eigenvalue weighted by atomic mass is 10.1. The van der Waals surface area contributed by atoms with Gasteiger partial charge in [0.2, 0.25) is 0 Å². The molecule has 5 heteroatoms. The first kappa shape index (κ1) is 12.2. The average molecular weight is 246 g/mol. The van der Waals surface area contributed by atoms with Crippen LogP contribution >= 0.6 is 0 Å². The molecule has 3 N–H and O–H groups in total. The maximum Gasteiger partial charge on any atom is 0.326 e. The highest BCUT2D eigenvalue weighted by Gasteiger charge is 2.18. The number of carbonyl (C=O) groups excluding carboxylic acids is 1. The predicted molar refractivity (Wildman–Crippen MR) is 67.5 cm³/mol. The van der Waals surface area contributed by atoms with Crippen LogP contribution in [0.5, 0.6) is 0 Å². The topological polar surface area (TPSA) is 82.2 Å². The smallest absolute Gasteiger partial charge is 0.326 e. The monoisotopic (exact) mass is 246 g/mol. The van der Waals surface area contributed by atoms with Gasteiger partial charge in [-0.2, -0.15) is 0 Å². The first-order chi connectivity index (χ1) is 8.61. The van der Waals surface area contributed by atoms with Crippen molar-refractivity contribution in [1.29, 1.82) is 0 Å². The Morgan fingerprint density at radius 3 is 2.83 bits per heavy atom. The van der Waals surface area contributed by atoms with Crippen LogP contribution in [-0.2, 0) is 4.79 Å². The molecule has 0 aliphatic carbocycles. The summed E-state index contributed by atoms with van der Waals surface area (Å²) in [7, 11) is 0. The van der Waals surface area contributed by atoms with Crippen molar-refractivity contribution in [1.82, 2.24) is 10.3 Å². The Balaban J connectivity index is 2.19. The number of nitrogens with one attached hydrogen (secondary N) is 2. The van der Waals surface area contributed by atoms with Gasteiger partial charge >= 0.3 is 5.97 Å². The Morgan fingerprint density at radius 2 is 2.17 bits per heavy atom. The number of amides is 1. The van der Waals surface area contributed by atoms with Crippen molar-refractivity contribution in [3.63, 3.8) is 0 Å². The summed E-state index contributed by atoms with van der Waals surface area (Å²) >= 11 is 0. The van der Waals surface area contributed by atoms with E-state index in [4.69, 9.17) is 5.11 Å². The summed E-state index contributed by atoms with van der Waals surface area (Å²) in [4.78, 5) is 25.8. The van der Waals surface area contributed by atoms with E-state index in [-0.39, 0.29) is 5.91 Å². The largest absolute Gasteiger partial charge is 0.480 e. The molecule has 1 aromatic heterocycles. The molecule has 5 nitrogen and oxygen atoms in total. The number of hydrogen-bond donors (Lipinski definition) is 3. The third-order valence-corrected chi connectivity index (χ3v) is 2.83. The Bertz CT molecular complexity index is 589. The van der Waals surface area contributed by atoms with Crippen molar-refractivity contribution in [2.24, 2.45) is 0 Å². The van der Waals surface area contributed by atoms with Crippen LogP contribution in [0.1, 0.15) is 23.7 Å². The Kier molecular flexibility index (Phi) is 3.32. The van der Waals surface area contributed by atoms with Crippen LogP contribution in [0.4, 0.5) is 0 Å². The lowest BCUT2D eigenvalue weighted by molar-refractivity contribution is -0.139. The number of aromatic amines is 1. The fraction of sp³-hybridized carbons (Fsp3) is 0.231. The molecule has 0 radical (unpaired) electrons. The molecule has 1 aromatic carbocycles. The molecular weight excluding hydrogens is 232 g/mol. The van der Waals surface area contributed by atoms with E-state index in [2.05, 4.69) is 10.3 Å². The van der Waals surface area contributed by atoms with Gasteiger partial charge < -0.3 is 15.4 Å². The number of aromatic nitrogens is 1. The number of carboxylic acid groups (broad SMARTS) is 1. The molecule has 0 bridgehead atoms. The summed E-state index contributed by atoms with van der Waals surface area (Å²) < 4.78 is 0. The van der Waals surface area contributed by atoms with Crippen molar-refractivity contribution in [3.8, 4) is 0 Å². The number of fused-ring (bicyclic) bond motifs is 1. The number of rotatable bonds is 4. The molecule has 2 aromatic rings. The van der Waals surface area contributed by atoms with Crippen LogP contribution in [0.15, 0.2) is 30.5 Å². The quantitative estimate of drug-likeness (QED) is 0.768. The number of carboxylic acids is 1. The Labute approximate surface area is 104 Å². The number of benzene rings is 1. The van der Waals surface area contributed by atoms with Gasteiger partial charge in [-0.05, 0) is 30.0 Å². The summed E-state index contributed by atoms with van der Waals surface area (Å²) in [5, 5.41) is 12.4. The molecule has 0 aliphatic heterocycles. The van der Waals surface area contributed by atoms with Gasteiger partial charge in [-0.15, -0.1) is 0 Å². The van der Waals surface area contributed by atoms with Crippen molar-refractivity contribution < 1.29 is 14.7 Å². The molecule has 0 saturated carbocycles. The summed E-state index contributed by atoms with van der Waals surface area (Å²) in [5.74, 6) is -1.40. The second-order valence-corrected chi connectivity index (χ2v) is 4.05. The second-order valence-electron chi connectivity index (χ2n) is 4.05. The first-order valence-corrected chi connectivity index (χ1v) is 5.72. The standard InChI is InChI=1S/C13H14N2O3/c1-2-10(13(17)18)15-12(16)9-4-3-8-5-6-14-11(8)7-9/h3-7,10,14H,2H2,1H3,(H,15,16)(H,17,18)/t10-/m0/s1. The molecule has 94 valence electrons. The van der Waals surface area contributed by atoms with Gasteiger partial charge in [-0.3, -0.25) is 4.79 Å². The minimum absolute atomic E-state index is 0.353. The SMILES string of the molecule is CC[C@H](NC(=O)c1ccc2cc[nH]c2c1)C(=O)O. The molecule has 1 heterocycles. The van der Waals surface area contributed by atoms with Crippen LogP contribution in [-0.4, -0.2) is 28.0 Å². The van der Waals surface area contributed by atoms with Gasteiger partial charge in [0, 0.05) is 17.3 Å². The van der Waals surface area contributed by atoms with Crippen LogP contribution in [0, 0.1) is 0 Å². The third kappa shape index (κ3) is 2.34. The summed E-state index contributed by atoms with van der Waals surface area (Å²) in [6.07, 6.45) is 2.14. The minimum atomic E-state index is -1.02. The lowest BCUT2D eigenvalue weighted by Gasteiger charge is -2.12. The van der Waals surface area contributed by atoms with Gasteiger partial charge in [0.05, 0.1) is 0 Å². The van der Waals surface area contributed by atoms with E-state index in [0.29, 0.717) is 12.0 Å². The van der Waals surface area contributed by atoms with E-state index < -0.39 is 12.0 Å². The fourth-order valence-electron chi connectivity index (χ4n) is 1.77. The van der Waals surface area contributed by atoms with Crippen molar-refractivity contribution in [2.75, 3.05) is 0 Å². The van der Waals surface area contributed by atoms with E-state index in [1.54, 1.807) is 25.3 Å². The average Bonchev–Trinajstić information content (AvgIpc) is 2.82. The number of aliphatic carboxylic acids is 1. The molecule has 0 unspecified atom stereocenters. The molecule has 1 amide bonds. The zero-order chi connectivity index (χ0) is 13.1. The third-order valence-electron chi connectivity index (χ3n) is 2.83. The molecular formula is C13H14N2O3. The van der Waals surface area contributed by atoms with Gasteiger partial charge in [0.15, 0.2) is 0 Å². The lowest BCUT2D eigenvalue weighted by Crippen LogP contribution is -2.40. The fourth-order valence-corrected chi connectivity index (χ4v) is 1.77. The highest BCUT2D eigenvalue weighted by atomic mass is 16.4. The van der Waals surface area contributed by atoms with Crippen molar-refractivity contribution >= 4 is 22.8 Å². The molecule has 0 spiro atoms. The van der Waals surface area contributed by atoms with E-state index in [0.717, 1.165) is 10.9 Å². The zero-order valence-electron chi connectivity index (χ0n) is 9.93. The molecule has 0 fully saturated rings. The van der Waals surface area contributed by atoms with Gasteiger partial charge in [0.1, 0.15) is 6.04 Å². The normalized spacial score (nSPS) is 12.3. The zero-order valence-corrected chi connectivity index (χ0v) is 9.93. The summed E-state index contributed by atoms with van der Waals surface area (Å²) in [5.41, 5.74) is 1.30. The van der Waals surface area contributed by atoms with E-state index in [9.17, 15) is 9.59 Å². The van der Waals surface area contributed by atoms with Gasteiger partial charge in [0.25, 0.3) is 5.91 Å². The van der Waals surface area contributed by atoms with Crippen LogP contribution in [0.25, 0.3) is 10.9 Å². The Hall–Kier alpha value is -2.30. The summed E-state index contributed by atoms with van der Waals surface area (Å²) in [6.45, 7) is 1.72. The molecule has 1 atom stereocenters. The van der Waals surface area contributed by atoms with Crippen LogP contribution < -0.4 is 5.32 Å². The van der Waals surface area contributed by atoms with Crippen LogP contribution in [0.3, 0.4) is 0 Å². The summed E-state index contributed by atoms with van der Waals surface area (Å²) in [6, 6.07) is 6.27. The molecule has 0 aliphatic rings. The predicted octanol–water partition coefficient (Wildman–Crippen LogP) is 1.76. The number of H-pyrrole nitrogens is 1. The maximum atomic E-state index is 11.9. The second kappa shape index (κ2) is 4.91. The highest BCUT2D eigenvalue weighted by molar-refractivity contribution is 5.99. The van der Waals surface area contributed by atoms with Crippen molar-refractivity contribution in [2.45, 2.75) is 19.4 Å². The number of hydrogen-bond acceptors (Lipinski definition) is 2. The van der Waals surface area contributed by atoms with E-state index in [1.807, 2.05) is 12.1 Å². The first-order valence-electron chi connectivity index (χ1n) is 5.72. The number of carbonyl (C=O) groups is 2. The maximum absolute atomic E-state index is 11.9. The highest BCUT2D eigenvalue weighted by Crippen LogP contribution is 2.14. The van der Waals surface area contributed by atoms with E-state index >= 15 is 0 Å². The molecule has 0 saturated heterocycles. The van der Waals surface area contributed by atoms with Gasteiger partial charge in [-0.25, -0.2) is 4.79 Å². The Morgan fingerprint density at radius 1 is 1.39 bits per heavy atom. The van der Waals surface area contributed by atoms with Crippen molar-refractivity contribution in [3.05, 3.63) is 36.0 Å². The van der Waals surface area contributed by atoms with E-state index in [1.165, 1.54) is 0 Å². The molecule has 18 heavy (non-hydrogen) atoms. The van der Waals surface area contributed by atoms with Crippen LogP contribution in [0.2, 0.25) is 0 Å². The minimum Gasteiger partial charge on any atom is -0.480 e. The van der Waals surface area contributed by atoms with Gasteiger partial charge in [-0.1, -0.05) is 13.0 Å². The molecule has 2 rings (SSSR count).